The van der Waals surface area contributed by atoms with Crippen LogP contribution in [0.5, 0.6) is 0 Å². The molecule has 3 nitrogen and oxygen atoms in total. The van der Waals surface area contributed by atoms with Gasteiger partial charge in [0.25, 0.3) is 0 Å². The minimum Gasteiger partial charge on any atom is -0.324 e. The molecule has 2 aromatic carbocycles. The molecule has 2 N–H and O–H groups in total. The van der Waals surface area contributed by atoms with Gasteiger partial charge < -0.3 is 10.6 Å². The number of halogens is 1. The summed E-state index contributed by atoms with van der Waals surface area (Å²) in [5, 5.41) is 6.30. The zero-order valence-electron chi connectivity index (χ0n) is 11.8. The van der Waals surface area contributed by atoms with Crippen LogP contribution in [0, 0.1) is 6.92 Å². The predicted molar refractivity (Wildman–Crippen MR) is 88.4 cm³/mol. The Hall–Kier alpha value is -1.65. The molecular formula is C17H17BrN2O. The van der Waals surface area contributed by atoms with Gasteiger partial charge >= 0.3 is 0 Å². The van der Waals surface area contributed by atoms with E-state index in [9.17, 15) is 4.79 Å². The first-order chi connectivity index (χ1) is 10.1. The summed E-state index contributed by atoms with van der Waals surface area (Å²) in [5.74, 6) is -0.0103. The standard InChI is InChI=1S/C17H17BrN2O/c1-11-10-13(6-7-15(11)18)20-17(21)16-14-5-3-2-4-12(14)8-9-19-16/h2-7,10,16,19H,8-9H2,1H3,(H,20,21). The fraction of sp³-hybridized carbons (Fsp3) is 0.235. The fourth-order valence-corrected chi connectivity index (χ4v) is 2.92. The van der Waals surface area contributed by atoms with Crippen molar-refractivity contribution in [2.75, 3.05) is 11.9 Å². The number of amides is 1. The highest BCUT2D eigenvalue weighted by molar-refractivity contribution is 9.10. The number of hydrogen-bond donors (Lipinski definition) is 2. The highest BCUT2D eigenvalue weighted by Crippen LogP contribution is 2.25. The predicted octanol–water partition coefficient (Wildman–Crippen LogP) is 3.58. The van der Waals surface area contributed by atoms with Crippen molar-refractivity contribution in [2.24, 2.45) is 0 Å². The highest BCUT2D eigenvalue weighted by atomic mass is 79.9. The van der Waals surface area contributed by atoms with E-state index < -0.39 is 0 Å². The molecule has 21 heavy (non-hydrogen) atoms. The number of rotatable bonds is 2. The molecule has 0 aromatic heterocycles. The molecule has 0 bridgehead atoms. The zero-order chi connectivity index (χ0) is 14.8. The number of aryl methyl sites for hydroxylation is 1. The number of anilines is 1. The average molecular weight is 345 g/mol. The Morgan fingerprint density at radius 1 is 1.29 bits per heavy atom. The first-order valence-electron chi connectivity index (χ1n) is 7.03. The van der Waals surface area contributed by atoms with Crippen LogP contribution in [0.4, 0.5) is 5.69 Å². The molecule has 2 aromatic rings. The Morgan fingerprint density at radius 3 is 2.90 bits per heavy atom. The third-order valence-electron chi connectivity index (χ3n) is 3.80. The molecule has 3 rings (SSSR count). The molecule has 1 aliphatic rings. The summed E-state index contributed by atoms with van der Waals surface area (Å²) < 4.78 is 1.04. The van der Waals surface area contributed by atoms with Crippen LogP contribution in [0.1, 0.15) is 22.7 Å². The Bertz CT molecular complexity index is 684. The average Bonchev–Trinajstić information content (AvgIpc) is 2.50. The molecule has 108 valence electrons. The molecule has 4 heteroatoms. The van der Waals surface area contributed by atoms with Crippen molar-refractivity contribution < 1.29 is 4.79 Å². The van der Waals surface area contributed by atoms with Gasteiger partial charge in [-0.25, -0.2) is 0 Å². The first-order valence-corrected chi connectivity index (χ1v) is 7.82. The number of hydrogen-bond acceptors (Lipinski definition) is 2. The molecule has 1 aliphatic heterocycles. The summed E-state index contributed by atoms with van der Waals surface area (Å²) in [6.07, 6.45) is 0.970. The SMILES string of the molecule is Cc1cc(NC(=O)C2NCCc3ccccc32)ccc1Br. The fourth-order valence-electron chi connectivity index (χ4n) is 2.68. The lowest BCUT2D eigenvalue weighted by atomic mass is 9.94. The Balaban J connectivity index is 1.81. The van der Waals surface area contributed by atoms with Crippen LogP contribution in [-0.2, 0) is 11.2 Å². The summed E-state index contributed by atoms with van der Waals surface area (Å²) in [7, 11) is 0. The van der Waals surface area contributed by atoms with Crippen molar-refractivity contribution in [1.82, 2.24) is 5.32 Å². The van der Waals surface area contributed by atoms with E-state index in [1.807, 2.05) is 43.3 Å². The number of benzene rings is 2. The molecule has 0 saturated heterocycles. The molecule has 1 unspecified atom stereocenters. The van der Waals surface area contributed by atoms with Gasteiger partial charge in [-0.15, -0.1) is 0 Å². The van der Waals surface area contributed by atoms with Gasteiger partial charge in [-0.2, -0.15) is 0 Å². The van der Waals surface area contributed by atoms with Gasteiger partial charge in [-0.05, 0) is 48.2 Å². The zero-order valence-corrected chi connectivity index (χ0v) is 13.4. The molecule has 0 radical (unpaired) electrons. The molecule has 1 atom stereocenters. The van der Waals surface area contributed by atoms with Crippen molar-refractivity contribution in [1.29, 1.82) is 0 Å². The van der Waals surface area contributed by atoms with Crippen LogP contribution in [0.3, 0.4) is 0 Å². The third-order valence-corrected chi connectivity index (χ3v) is 4.69. The van der Waals surface area contributed by atoms with Crippen molar-refractivity contribution >= 4 is 27.5 Å². The lowest BCUT2D eigenvalue weighted by molar-refractivity contribution is -0.118. The van der Waals surface area contributed by atoms with E-state index in [1.54, 1.807) is 0 Å². The lowest BCUT2D eigenvalue weighted by Crippen LogP contribution is -2.38. The van der Waals surface area contributed by atoms with Crippen molar-refractivity contribution in [3.63, 3.8) is 0 Å². The maximum Gasteiger partial charge on any atom is 0.246 e. The van der Waals surface area contributed by atoms with E-state index in [1.165, 1.54) is 5.56 Å². The summed E-state index contributed by atoms with van der Waals surface area (Å²) in [6.45, 7) is 2.84. The third kappa shape index (κ3) is 3.01. The minimum absolute atomic E-state index is 0.0103. The van der Waals surface area contributed by atoms with E-state index in [0.717, 1.165) is 34.3 Å². The smallest absolute Gasteiger partial charge is 0.246 e. The van der Waals surface area contributed by atoms with Crippen LogP contribution in [-0.4, -0.2) is 12.5 Å². The summed E-state index contributed by atoms with van der Waals surface area (Å²) in [5.41, 5.74) is 4.26. The van der Waals surface area contributed by atoms with E-state index in [0.29, 0.717) is 0 Å². The Morgan fingerprint density at radius 2 is 2.10 bits per heavy atom. The second-order valence-electron chi connectivity index (χ2n) is 5.29. The summed E-state index contributed by atoms with van der Waals surface area (Å²) in [6, 6.07) is 13.7. The number of fused-ring (bicyclic) bond motifs is 1. The topological polar surface area (TPSA) is 41.1 Å². The van der Waals surface area contributed by atoms with Crippen molar-refractivity contribution in [3.05, 3.63) is 63.6 Å². The van der Waals surface area contributed by atoms with Gasteiger partial charge in [0.2, 0.25) is 5.91 Å². The maximum atomic E-state index is 12.5. The van der Waals surface area contributed by atoms with E-state index in [-0.39, 0.29) is 11.9 Å². The molecular weight excluding hydrogens is 328 g/mol. The second-order valence-corrected chi connectivity index (χ2v) is 6.14. The summed E-state index contributed by atoms with van der Waals surface area (Å²) in [4.78, 5) is 12.5. The van der Waals surface area contributed by atoms with Gasteiger partial charge in [0.15, 0.2) is 0 Å². The van der Waals surface area contributed by atoms with E-state index >= 15 is 0 Å². The van der Waals surface area contributed by atoms with E-state index in [4.69, 9.17) is 0 Å². The van der Waals surface area contributed by atoms with Gasteiger partial charge in [0, 0.05) is 16.7 Å². The van der Waals surface area contributed by atoms with Crippen LogP contribution in [0.15, 0.2) is 46.9 Å². The van der Waals surface area contributed by atoms with Crippen LogP contribution >= 0.6 is 15.9 Å². The highest BCUT2D eigenvalue weighted by Gasteiger charge is 2.25. The molecule has 0 spiro atoms. The van der Waals surface area contributed by atoms with Crippen LogP contribution in [0.25, 0.3) is 0 Å². The van der Waals surface area contributed by atoms with E-state index in [2.05, 4.69) is 32.6 Å². The monoisotopic (exact) mass is 344 g/mol. The van der Waals surface area contributed by atoms with Crippen molar-refractivity contribution in [3.8, 4) is 0 Å². The quantitative estimate of drug-likeness (QED) is 0.874. The molecule has 0 saturated carbocycles. The van der Waals surface area contributed by atoms with Crippen LogP contribution < -0.4 is 10.6 Å². The van der Waals surface area contributed by atoms with Gasteiger partial charge in [0.1, 0.15) is 6.04 Å². The molecule has 0 fully saturated rings. The number of nitrogens with one attached hydrogen (secondary N) is 2. The first kappa shape index (κ1) is 14.3. The lowest BCUT2D eigenvalue weighted by Gasteiger charge is -2.26. The largest absolute Gasteiger partial charge is 0.324 e. The minimum atomic E-state index is -0.279. The molecule has 0 aliphatic carbocycles. The van der Waals surface area contributed by atoms with Gasteiger partial charge in [-0.3, -0.25) is 4.79 Å². The number of carbonyl (C=O) groups is 1. The van der Waals surface area contributed by atoms with Gasteiger partial charge in [-0.1, -0.05) is 40.2 Å². The van der Waals surface area contributed by atoms with Crippen LogP contribution in [0.2, 0.25) is 0 Å². The normalized spacial score (nSPS) is 17.1. The molecule has 1 amide bonds. The Labute approximate surface area is 132 Å². The van der Waals surface area contributed by atoms with Gasteiger partial charge in [0.05, 0.1) is 0 Å². The van der Waals surface area contributed by atoms with Crippen molar-refractivity contribution in [2.45, 2.75) is 19.4 Å². The number of carbonyl (C=O) groups excluding carboxylic acids is 1. The molecule has 1 heterocycles. The Kier molecular flexibility index (Phi) is 4.08. The summed E-state index contributed by atoms with van der Waals surface area (Å²) >= 11 is 3.47. The second kappa shape index (κ2) is 6.00. The maximum absolute atomic E-state index is 12.5.